The number of anilines is 1. The molecule has 4 rings (SSSR count). The third-order valence-electron chi connectivity index (χ3n) is 3.91. The maximum absolute atomic E-state index is 11.2. The van der Waals surface area contributed by atoms with E-state index in [1.54, 1.807) is 46.0 Å². The number of aryl methyl sites for hydroxylation is 1. The van der Waals surface area contributed by atoms with Crippen molar-refractivity contribution in [1.82, 2.24) is 29.4 Å². The minimum atomic E-state index is -0.984. The first-order chi connectivity index (χ1) is 12.0. The topological polar surface area (TPSA) is 124 Å². The Morgan fingerprint density at radius 2 is 2.04 bits per heavy atom. The molecule has 4 aromatic rings. The van der Waals surface area contributed by atoms with Crippen LogP contribution in [0.15, 0.2) is 43.1 Å². The fourth-order valence-corrected chi connectivity index (χ4v) is 2.61. The summed E-state index contributed by atoms with van der Waals surface area (Å²) in [5, 5.41) is 17.7. The molecule has 0 unspecified atom stereocenters. The summed E-state index contributed by atoms with van der Waals surface area (Å²) in [5.74, 6) is -0.693. The molecular weight excluding hydrogens is 322 g/mol. The number of fused-ring (bicyclic) bond motifs is 1. The van der Waals surface area contributed by atoms with Gasteiger partial charge in [-0.05, 0) is 24.6 Å². The van der Waals surface area contributed by atoms with Gasteiger partial charge < -0.3 is 10.8 Å². The molecule has 1 aromatic carbocycles. The largest absolute Gasteiger partial charge is 0.478 e. The summed E-state index contributed by atoms with van der Waals surface area (Å²) in [6.45, 7) is 1.89. The highest BCUT2D eigenvalue weighted by atomic mass is 16.4. The fourth-order valence-electron chi connectivity index (χ4n) is 2.61. The highest BCUT2D eigenvalue weighted by molar-refractivity contribution is 5.88. The number of aromatic carboxylic acids is 1. The number of nitrogens with two attached hydrogens (primary N) is 1. The molecule has 3 aromatic heterocycles. The zero-order valence-corrected chi connectivity index (χ0v) is 13.2. The summed E-state index contributed by atoms with van der Waals surface area (Å²) in [7, 11) is 0. The molecule has 25 heavy (non-hydrogen) atoms. The lowest BCUT2D eigenvalue weighted by molar-refractivity contribution is 0.0697. The van der Waals surface area contributed by atoms with Crippen molar-refractivity contribution in [3.05, 3.63) is 54.2 Å². The van der Waals surface area contributed by atoms with Crippen LogP contribution in [0.25, 0.3) is 22.6 Å². The SMILES string of the molecule is Cc1ccc(C(=O)O)cc1-n1cc(-c2cnc3c(N)ncnn23)cn1. The number of rotatable bonds is 3. The Labute approximate surface area is 141 Å². The molecule has 0 aliphatic carbocycles. The molecule has 0 saturated carbocycles. The maximum atomic E-state index is 11.2. The van der Waals surface area contributed by atoms with E-state index in [9.17, 15) is 9.90 Å². The summed E-state index contributed by atoms with van der Waals surface area (Å²) < 4.78 is 3.21. The van der Waals surface area contributed by atoms with Gasteiger partial charge in [-0.2, -0.15) is 10.2 Å². The van der Waals surface area contributed by atoms with E-state index in [4.69, 9.17) is 5.73 Å². The number of nitrogens with zero attached hydrogens (tertiary/aromatic N) is 6. The van der Waals surface area contributed by atoms with Crippen LogP contribution in [0, 0.1) is 6.92 Å². The van der Waals surface area contributed by atoms with E-state index in [2.05, 4.69) is 20.2 Å². The van der Waals surface area contributed by atoms with Crippen LogP contribution in [-0.4, -0.2) is 40.4 Å². The molecule has 3 N–H and O–H groups in total. The third-order valence-corrected chi connectivity index (χ3v) is 3.91. The monoisotopic (exact) mass is 335 g/mol. The van der Waals surface area contributed by atoms with Gasteiger partial charge in [-0.3, -0.25) is 0 Å². The molecule has 0 fully saturated rings. The van der Waals surface area contributed by atoms with Gasteiger partial charge in [0.05, 0.1) is 29.3 Å². The van der Waals surface area contributed by atoms with E-state index in [0.29, 0.717) is 22.8 Å². The Morgan fingerprint density at radius 3 is 2.84 bits per heavy atom. The van der Waals surface area contributed by atoms with E-state index in [0.717, 1.165) is 11.1 Å². The van der Waals surface area contributed by atoms with Gasteiger partial charge in [-0.25, -0.2) is 24.0 Å². The number of nitrogen functional groups attached to an aromatic ring is 1. The van der Waals surface area contributed by atoms with Gasteiger partial charge in [-0.15, -0.1) is 0 Å². The number of carbonyl (C=O) groups is 1. The quantitative estimate of drug-likeness (QED) is 0.582. The number of aromatic nitrogens is 6. The summed E-state index contributed by atoms with van der Waals surface area (Å²) in [6.07, 6.45) is 6.45. The van der Waals surface area contributed by atoms with Gasteiger partial charge in [0.2, 0.25) is 0 Å². The maximum Gasteiger partial charge on any atom is 0.335 e. The van der Waals surface area contributed by atoms with Crippen molar-refractivity contribution >= 4 is 17.4 Å². The molecule has 9 nitrogen and oxygen atoms in total. The van der Waals surface area contributed by atoms with Gasteiger partial charge in [-0.1, -0.05) is 6.07 Å². The van der Waals surface area contributed by atoms with Crippen LogP contribution in [0.3, 0.4) is 0 Å². The number of carboxylic acids is 1. The van der Waals surface area contributed by atoms with E-state index in [-0.39, 0.29) is 5.56 Å². The van der Waals surface area contributed by atoms with Crippen LogP contribution in [-0.2, 0) is 0 Å². The van der Waals surface area contributed by atoms with Crippen molar-refractivity contribution in [3.63, 3.8) is 0 Å². The predicted octanol–water partition coefficient (Wildman–Crippen LogP) is 1.57. The predicted molar refractivity (Wildman–Crippen MR) is 89.4 cm³/mol. The first-order valence-electron chi connectivity index (χ1n) is 7.38. The lowest BCUT2D eigenvalue weighted by Crippen LogP contribution is -2.02. The van der Waals surface area contributed by atoms with E-state index in [1.807, 2.05) is 6.92 Å². The number of benzene rings is 1. The molecule has 9 heteroatoms. The normalized spacial score (nSPS) is 11.1. The van der Waals surface area contributed by atoms with Crippen LogP contribution < -0.4 is 5.73 Å². The van der Waals surface area contributed by atoms with Crippen molar-refractivity contribution in [2.24, 2.45) is 0 Å². The van der Waals surface area contributed by atoms with Gasteiger partial charge >= 0.3 is 5.97 Å². The highest BCUT2D eigenvalue weighted by Gasteiger charge is 2.13. The van der Waals surface area contributed by atoms with Crippen LogP contribution in [0.5, 0.6) is 0 Å². The molecule has 124 valence electrons. The van der Waals surface area contributed by atoms with Crippen LogP contribution in [0.4, 0.5) is 5.82 Å². The van der Waals surface area contributed by atoms with Crippen molar-refractivity contribution in [3.8, 4) is 16.9 Å². The third kappa shape index (κ3) is 2.38. The molecule has 0 saturated heterocycles. The lowest BCUT2D eigenvalue weighted by Gasteiger charge is -2.06. The Bertz CT molecular complexity index is 1110. The molecule has 0 atom stereocenters. The zero-order valence-electron chi connectivity index (χ0n) is 13.2. The Balaban J connectivity index is 1.82. The second-order valence-electron chi connectivity index (χ2n) is 5.50. The van der Waals surface area contributed by atoms with E-state index in [1.165, 1.54) is 6.33 Å². The van der Waals surface area contributed by atoms with Gasteiger partial charge in [0, 0.05) is 11.8 Å². The van der Waals surface area contributed by atoms with E-state index < -0.39 is 5.97 Å². The Morgan fingerprint density at radius 1 is 1.20 bits per heavy atom. The molecule has 0 bridgehead atoms. The average Bonchev–Trinajstić information content (AvgIpc) is 3.22. The van der Waals surface area contributed by atoms with Crippen molar-refractivity contribution in [1.29, 1.82) is 0 Å². The smallest absolute Gasteiger partial charge is 0.335 e. The molecule has 0 spiro atoms. The Hall–Kier alpha value is -3.75. The average molecular weight is 335 g/mol. The molecule has 3 heterocycles. The standard InChI is InChI=1S/C16H13N7O2/c1-9-2-3-10(16(24)25)4-12(9)22-7-11(5-20-22)13-6-18-15-14(17)19-8-21-23(13)15/h2-8H,1H3,(H,24,25)(H2,17,19,21). The molecular formula is C16H13N7O2. The van der Waals surface area contributed by atoms with Crippen molar-refractivity contribution in [2.45, 2.75) is 6.92 Å². The molecule has 0 aliphatic heterocycles. The first-order valence-corrected chi connectivity index (χ1v) is 7.38. The minimum absolute atomic E-state index is 0.202. The minimum Gasteiger partial charge on any atom is -0.478 e. The van der Waals surface area contributed by atoms with Crippen LogP contribution in [0.2, 0.25) is 0 Å². The second kappa shape index (κ2) is 5.41. The van der Waals surface area contributed by atoms with Gasteiger partial charge in [0.15, 0.2) is 11.5 Å². The van der Waals surface area contributed by atoms with E-state index >= 15 is 0 Å². The van der Waals surface area contributed by atoms with Gasteiger partial charge in [0.1, 0.15) is 6.33 Å². The zero-order chi connectivity index (χ0) is 17.6. The lowest BCUT2D eigenvalue weighted by atomic mass is 10.1. The number of carboxylic acid groups (broad SMARTS) is 1. The van der Waals surface area contributed by atoms with Crippen LogP contribution in [0.1, 0.15) is 15.9 Å². The van der Waals surface area contributed by atoms with Crippen molar-refractivity contribution in [2.75, 3.05) is 5.73 Å². The summed E-state index contributed by atoms with van der Waals surface area (Å²) in [4.78, 5) is 19.3. The Kier molecular flexibility index (Phi) is 3.21. The number of hydrogen-bond donors (Lipinski definition) is 2. The highest BCUT2D eigenvalue weighted by Crippen LogP contribution is 2.23. The molecule has 0 radical (unpaired) electrons. The van der Waals surface area contributed by atoms with Gasteiger partial charge in [0.25, 0.3) is 0 Å². The summed E-state index contributed by atoms with van der Waals surface area (Å²) in [5.41, 5.74) is 9.54. The first kappa shape index (κ1) is 14.8. The fraction of sp³-hybridized carbons (Fsp3) is 0.0625. The summed E-state index contributed by atoms with van der Waals surface area (Å²) >= 11 is 0. The van der Waals surface area contributed by atoms with Crippen LogP contribution >= 0.6 is 0 Å². The number of imidazole rings is 1. The summed E-state index contributed by atoms with van der Waals surface area (Å²) in [6, 6.07) is 4.90. The van der Waals surface area contributed by atoms with Crippen molar-refractivity contribution < 1.29 is 9.90 Å². The molecule has 0 amide bonds. The number of hydrogen-bond acceptors (Lipinski definition) is 6. The second-order valence-corrected chi connectivity index (χ2v) is 5.50. The molecule has 0 aliphatic rings.